The van der Waals surface area contributed by atoms with Gasteiger partial charge in [-0.05, 0) is 57.8 Å². The van der Waals surface area contributed by atoms with Gasteiger partial charge in [0.2, 0.25) is 5.91 Å². The molecule has 1 aliphatic rings. The lowest BCUT2D eigenvalue weighted by Crippen LogP contribution is -2.61. The lowest BCUT2D eigenvalue weighted by Gasteiger charge is -2.41. The number of hydrogen-bond acceptors (Lipinski definition) is 10. The number of unbranched alkanes of at least 4 members (excludes halogenated alkanes) is 25. The summed E-state index contributed by atoms with van der Waals surface area (Å²) in [6.45, 7) is 5.63. The molecule has 1 rings (SSSR count). The second-order valence-corrected chi connectivity index (χ2v) is 18.9. The Kier molecular flexibility index (Phi) is 41.9. The van der Waals surface area contributed by atoms with Crippen molar-refractivity contribution in [1.29, 1.82) is 0 Å². The molecular formula is C56H101NO10. The molecule has 0 bridgehead atoms. The van der Waals surface area contributed by atoms with Gasteiger partial charge in [-0.25, -0.2) is 0 Å². The maximum absolute atomic E-state index is 13.3. The number of amides is 1. The van der Waals surface area contributed by atoms with E-state index in [4.69, 9.17) is 14.2 Å². The van der Waals surface area contributed by atoms with E-state index in [0.29, 0.717) is 12.8 Å². The van der Waals surface area contributed by atoms with Crippen molar-refractivity contribution < 1.29 is 49.3 Å². The Balaban J connectivity index is 2.78. The summed E-state index contributed by atoms with van der Waals surface area (Å²) >= 11 is 0. The quantitative estimate of drug-likeness (QED) is 0.0196. The first-order chi connectivity index (χ1) is 32.7. The minimum atomic E-state index is -1.61. The maximum Gasteiger partial charge on any atom is 0.306 e. The molecule has 1 aliphatic heterocycles. The zero-order valence-corrected chi connectivity index (χ0v) is 42.8. The Bertz CT molecular complexity index is 1270. The monoisotopic (exact) mass is 948 g/mol. The van der Waals surface area contributed by atoms with Gasteiger partial charge in [-0.15, -0.1) is 0 Å². The molecule has 0 aromatic carbocycles. The van der Waals surface area contributed by atoms with Gasteiger partial charge in [0.05, 0.1) is 25.4 Å². The third-order valence-electron chi connectivity index (χ3n) is 12.7. The molecule has 0 aromatic heterocycles. The molecule has 0 spiro atoms. The van der Waals surface area contributed by atoms with Crippen molar-refractivity contribution in [2.75, 3.05) is 13.2 Å². The SMILES string of the molecule is CC/C=C/C/C=C/C/C=C/CCCCCC(O)C(=O)NC(COC1OC(CO)C(O)C(O)C1OC(=O)CCCCCCCCCCCCCCC)C(O)/C=C/CCCCCCCCCCCC. The number of carbonyl (C=O) groups excluding carboxylic acids is 2. The zero-order chi connectivity index (χ0) is 49.0. The first-order valence-electron chi connectivity index (χ1n) is 27.4. The Morgan fingerprint density at radius 1 is 0.597 bits per heavy atom. The van der Waals surface area contributed by atoms with Crippen molar-refractivity contribution in [3.63, 3.8) is 0 Å². The van der Waals surface area contributed by atoms with Crippen molar-refractivity contribution in [2.24, 2.45) is 0 Å². The number of aliphatic hydroxyl groups excluding tert-OH is 5. The molecule has 0 aromatic rings. The number of allylic oxidation sites excluding steroid dienone is 7. The van der Waals surface area contributed by atoms with E-state index >= 15 is 0 Å². The second kappa shape index (κ2) is 44.8. The van der Waals surface area contributed by atoms with Crippen LogP contribution in [0.1, 0.15) is 233 Å². The van der Waals surface area contributed by atoms with E-state index in [-0.39, 0.29) is 19.4 Å². The highest BCUT2D eigenvalue weighted by atomic mass is 16.7. The molecule has 8 atom stereocenters. The minimum absolute atomic E-state index is 0.123. The van der Waals surface area contributed by atoms with Gasteiger partial charge in [0.15, 0.2) is 12.4 Å². The first-order valence-corrected chi connectivity index (χ1v) is 27.4. The van der Waals surface area contributed by atoms with Crippen LogP contribution in [-0.2, 0) is 23.8 Å². The summed E-state index contributed by atoms with van der Waals surface area (Å²) in [7, 11) is 0. The Hall–Kier alpha value is -2.38. The molecule has 0 aliphatic carbocycles. The molecule has 1 amide bonds. The van der Waals surface area contributed by atoms with Crippen LogP contribution in [0, 0.1) is 0 Å². The van der Waals surface area contributed by atoms with E-state index in [9.17, 15) is 35.1 Å². The van der Waals surface area contributed by atoms with Crippen LogP contribution in [0.25, 0.3) is 0 Å². The van der Waals surface area contributed by atoms with E-state index < -0.39 is 67.4 Å². The molecule has 0 radical (unpaired) electrons. The molecule has 390 valence electrons. The average molecular weight is 948 g/mol. The van der Waals surface area contributed by atoms with Gasteiger partial charge in [0.25, 0.3) is 0 Å². The van der Waals surface area contributed by atoms with Crippen molar-refractivity contribution in [3.05, 3.63) is 48.6 Å². The van der Waals surface area contributed by atoms with Crippen molar-refractivity contribution >= 4 is 11.9 Å². The van der Waals surface area contributed by atoms with Crippen LogP contribution in [0.5, 0.6) is 0 Å². The summed E-state index contributed by atoms with van der Waals surface area (Å²) in [5.74, 6) is -1.22. The van der Waals surface area contributed by atoms with Gasteiger partial charge in [0.1, 0.15) is 24.4 Å². The van der Waals surface area contributed by atoms with Gasteiger partial charge in [-0.3, -0.25) is 9.59 Å². The molecule has 11 heteroatoms. The van der Waals surface area contributed by atoms with Gasteiger partial charge < -0.3 is 45.1 Å². The van der Waals surface area contributed by atoms with E-state index in [1.54, 1.807) is 6.08 Å². The Morgan fingerprint density at radius 3 is 1.61 bits per heavy atom. The Labute approximate surface area is 408 Å². The van der Waals surface area contributed by atoms with Gasteiger partial charge >= 0.3 is 5.97 Å². The predicted octanol–water partition coefficient (Wildman–Crippen LogP) is 11.7. The van der Waals surface area contributed by atoms with Gasteiger partial charge in [-0.2, -0.15) is 0 Å². The second-order valence-electron chi connectivity index (χ2n) is 18.9. The maximum atomic E-state index is 13.3. The molecule has 1 heterocycles. The number of rotatable bonds is 45. The average Bonchev–Trinajstić information content (AvgIpc) is 3.32. The molecule has 0 saturated carbocycles. The van der Waals surface area contributed by atoms with Crippen LogP contribution in [-0.4, -0.2) is 99.6 Å². The third-order valence-corrected chi connectivity index (χ3v) is 12.7. The van der Waals surface area contributed by atoms with Crippen LogP contribution in [0.3, 0.4) is 0 Å². The van der Waals surface area contributed by atoms with Crippen molar-refractivity contribution in [1.82, 2.24) is 5.32 Å². The van der Waals surface area contributed by atoms with Crippen LogP contribution in [0.2, 0.25) is 0 Å². The largest absolute Gasteiger partial charge is 0.454 e. The molecular weight excluding hydrogens is 847 g/mol. The molecule has 6 N–H and O–H groups in total. The van der Waals surface area contributed by atoms with E-state index in [0.717, 1.165) is 77.0 Å². The summed E-state index contributed by atoms with van der Waals surface area (Å²) in [6, 6.07) is -1.03. The summed E-state index contributed by atoms with van der Waals surface area (Å²) in [5.41, 5.74) is 0. The zero-order valence-electron chi connectivity index (χ0n) is 42.8. The molecule has 1 saturated heterocycles. The minimum Gasteiger partial charge on any atom is -0.454 e. The van der Waals surface area contributed by atoms with E-state index in [2.05, 4.69) is 62.5 Å². The number of hydrogen-bond donors (Lipinski definition) is 6. The Morgan fingerprint density at radius 2 is 1.07 bits per heavy atom. The van der Waals surface area contributed by atoms with Crippen LogP contribution in [0.4, 0.5) is 0 Å². The summed E-state index contributed by atoms with van der Waals surface area (Å²) in [6.07, 6.45) is 41.6. The van der Waals surface area contributed by atoms with Crippen molar-refractivity contribution in [2.45, 2.75) is 282 Å². The van der Waals surface area contributed by atoms with Crippen LogP contribution < -0.4 is 5.32 Å². The lowest BCUT2D eigenvalue weighted by atomic mass is 9.99. The molecule has 1 fully saturated rings. The van der Waals surface area contributed by atoms with Crippen LogP contribution in [0.15, 0.2) is 48.6 Å². The third kappa shape index (κ3) is 33.7. The normalized spacial score (nSPS) is 20.4. The molecule has 8 unspecified atom stereocenters. The number of ether oxygens (including phenoxy) is 3. The van der Waals surface area contributed by atoms with Crippen LogP contribution >= 0.6 is 0 Å². The fourth-order valence-corrected chi connectivity index (χ4v) is 8.37. The fourth-order valence-electron chi connectivity index (χ4n) is 8.37. The lowest BCUT2D eigenvalue weighted by molar-refractivity contribution is -0.305. The molecule has 67 heavy (non-hydrogen) atoms. The van der Waals surface area contributed by atoms with E-state index in [1.807, 2.05) is 6.08 Å². The molecule has 11 nitrogen and oxygen atoms in total. The fraction of sp³-hybridized carbons (Fsp3) is 0.821. The van der Waals surface area contributed by atoms with Crippen molar-refractivity contribution in [3.8, 4) is 0 Å². The smallest absolute Gasteiger partial charge is 0.306 e. The standard InChI is InChI=1S/C56H101NO10/c1-4-7-10-13-16-19-22-25-28-31-34-37-40-43-49(60)55(64)57-47(48(59)42-39-36-33-30-27-24-21-18-15-12-9-6-3)46-65-56-54(53(63)52(62)50(45-58)66-56)67-51(61)44-41-38-35-32-29-26-23-20-17-14-11-8-5-2/h7,10,16,19,25,28,39,42,47-50,52-54,56,58-60,62-63H,4-6,8-9,11-15,17-18,20-24,26-27,29-38,40-41,43-46H2,1-3H3,(H,57,64)/b10-7+,19-16+,28-25+,42-39+. The predicted molar refractivity (Wildman–Crippen MR) is 273 cm³/mol. The number of esters is 1. The number of aliphatic hydroxyl groups is 5. The van der Waals surface area contributed by atoms with Gasteiger partial charge in [-0.1, -0.05) is 217 Å². The first kappa shape index (κ1) is 62.6. The highest BCUT2D eigenvalue weighted by molar-refractivity contribution is 5.80. The topological polar surface area (TPSA) is 175 Å². The summed E-state index contributed by atoms with van der Waals surface area (Å²) in [5, 5.41) is 56.6. The highest BCUT2D eigenvalue weighted by Crippen LogP contribution is 2.26. The number of carbonyl (C=O) groups is 2. The number of nitrogens with one attached hydrogen (secondary N) is 1. The summed E-state index contributed by atoms with van der Waals surface area (Å²) in [4.78, 5) is 26.4. The van der Waals surface area contributed by atoms with Gasteiger partial charge in [0, 0.05) is 6.42 Å². The summed E-state index contributed by atoms with van der Waals surface area (Å²) < 4.78 is 17.5. The van der Waals surface area contributed by atoms with E-state index in [1.165, 1.54) is 109 Å². The highest BCUT2D eigenvalue weighted by Gasteiger charge is 2.47.